The Labute approximate surface area is 220 Å². The second-order valence-corrected chi connectivity index (χ2v) is 12.9. The number of aliphatic hydroxyl groups excluding tert-OH is 2. The first-order chi connectivity index (χ1) is 17.4. The van der Waals surface area contributed by atoms with Gasteiger partial charge in [0.1, 0.15) is 6.10 Å². The van der Waals surface area contributed by atoms with Crippen LogP contribution in [-0.4, -0.2) is 64.9 Å². The number of hydrogen-bond acceptors (Lipinski definition) is 5. The third-order valence-corrected chi connectivity index (χ3v) is 10.8. The van der Waals surface area contributed by atoms with Gasteiger partial charge in [-0.15, -0.1) is 0 Å². The first-order valence-electron chi connectivity index (χ1n) is 13.6. The summed E-state index contributed by atoms with van der Waals surface area (Å²) in [5.41, 5.74) is 5.18. The maximum atomic E-state index is 11.3. The van der Waals surface area contributed by atoms with Crippen LogP contribution in [0.15, 0.2) is 54.2 Å². The summed E-state index contributed by atoms with van der Waals surface area (Å²) in [4.78, 5) is 2.03. The van der Waals surface area contributed by atoms with Gasteiger partial charge < -0.3 is 25.3 Å². The summed E-state index contributed by atoms with van der Waals surface area (Å²) < 4.78 is 7.30. The molecule has 7 atom stereocenters. The van der Waals surface area contributed by atoms with E-state index < -0.39 is 23.4 Å². The van der Waals surface area contributed by atoms with E-state index in [4.69, 9.17) is 10.1 Å². The molecule has 3 N–H and O–H groups in total. The Kier molecular flexibility index (Phi) is 5.31. The van der Waals surface area contributed by atoms with E-state index in [0.717, 1.165) is 36.0 Å². The van der Waals surface area contributed by atoms with Crippen LogP contribution in [0.25, 0.3) is 11.6 Å². The highest BCUT2D eigenvalue weighted by atomic mass is 16.5. The van der Waals surface area contributed by atoms with Gasteiger partial charge in [-0.05, 0) is 84.7 Å². The summed E-state index contributed by atoms with van der Waals surface area (Å²) in [6, 6.07) is 6.20. The van der Waals surface area contributed by atoms with Crippen molar-refractivity contribution in [3.8, 4) is 0 Å². The van der Waals surface area contributed by atoms with E-state index in [1.165, 1.54) is 22.9 Å². The Bertz CT molecular complexity index is 1290. The highest BCUT2D eigenvalue weighted by Gasteiger charge is 2.70. The molecule has 1 saturated heterocycles. The molecule has 1 aromatic rings. The zero-order chi connectivity index (χ0) is 26.5. The average Bonchev–Trinajstić information content (AvgIpc) is 3.39. The van der Waals surface area contributed by atoms with E-state index in [2.05, 4.69) is 57.7 Å². The molecule has 5 nitrogen and oxygen atoms in total. The number of fused-ring (bicyclic) bond motifs is 1. The number of nitrogens with one attached hydrogen (secondary N) is 1. The molecule has 0 amide bonds. The van der Waals surface area contributed by atoms with Crippen molar-refractivity contribution >= 4 is 17.9 Å². The van der Waals surface area contributed by atoms with E-state index in [9.17, 15) is 10.2 Å². The van der Waals surface area contributed by atoms with Crippen molar-refractivity contribution in [1.82, 2.24) is 4.90 Å². The van der Waals surface area contributed by atoms with Crippen molar-refractivity contribution in [2.24, 2.45) is 16.7 Å². The molecule has 0 radical (unpaired) electrons. The molecule has 5 aliphatic rings. The zero-order valence-corrected chi connectivity index (χ0v) is 22.7. The maximum absolute atomic E-state index is 11.3. The van der Waals surface area contributed by atoms with Gasteiger partial charge in [0.25, 0.3) is 0 Å². The molecule has 5 heteroatoms. The number of aliphatic hydroxyl groups is 2. The second kappa shape index (κ2) is 7.86. The van der Waals surface area contributed by atoms with Crippen LogP contribution in [-0.2, 0) is 4.74 Å². The van der Waals surface area contributed by atoms with Gasteiger partial charge in [0.2, 0.25) is 0 Å². The number of hydrogen-bond donors (Lipinski definition) is 3. The van der Waals surface area contributed by atoms with E-state index in [1.807, 2.05) is 31.1 Å². The molecule has 0 aromatic heterocycles. The quantitative estimate of drug-likeness (QED) is 0.509. The van der Waals surface area contributed by atoms with Crippen molar-refractivity contribution in [3.63, 3.8) is 0 Å². The number of benzene rings is 1. The minimum absolute atomic E-state index is 0.152. The summed E-state index contributed by atoms with van der Waals surface area (Å²) in [6.07, 6.45) is 11.9. The smallest absolute Gasteiger partial charge is 0.105 e. The van der Waals surface area contributed by atoms with E-state index in [1.54, 1.807) is 0 Å². The fraction of sp³-hybridized carbons (Fsp3) is 0.531. The molecule has 2 bridgehead atoms. The lowest BCUT2D eigenvalue weighted by atomic mass is 9.49. The predicted octanol–water partition coefficient (Wildman–Crippen LogP) is 4.99. The average molecular weight is 501 g/mol. The highest BCUT2D eigenvalue weighted by Crippen LogP contribution is 2.71. The van der Waals surface area contributed by atoms with E-state index >= 15 is 0 Å². The number of likely N-dealkylation sites (N-methyl/N-ethyl adjacent to an activating group) is 1. The molecule has 3 aliphatic carbocycles. The van der Waals surface area contributed by atoms with Gasteiger partial charge in [-0.1, -0.05) is 63.8 Å². The van der Waals surface area contributed by atoms with Crippen LogP contribution in [0, 0.1) is 22.2 Å². The maximum Gasteiger partial charge on any atom is 0.105 e. The first-order valence-corrected chi connectivity index (χ1v) is 13.6. The standard InChI is InChI=1S/C32H40N2O3/c1-7-19-14-20(8-9-21(19)18-33)23-10-11-26-30(23,4)29(2,3)16-22-15-24-27(35)28(36)25(34(5)6)17-31(24)12-13-32(22,26)37-31/h7-10,14-16,18,25-28,33,35-36H,1,11-13,17H2,2-6H3/t25-,26?,27+,28+,30+,31+,32+/m0/s1. The fourth-order valence-corrected chi connectivity index (χ4v) is 8.56. The van der Waals surface area contributed by atoms with Crippen molar-refractivity contribution in [1.29, 1.82) is 5.41 Å². The van der Waals surface area contributed by atoms with E-state index in [0.29, 0.717) is 6.42 Å². The van der Waals surface area contributed by atoms with Gasteiger partial charge in [0, 0.05) is 23.6 Å². The minimum atomic E-state index is -0.920. The van der Waals surface area contributed by atoms with Crippen LogP contribution in [0.3, 0.4) is 0 Å². The van der Waals surface area contributed by atoms with Crippen molar-refractivity contribution in [2.75, 3.05) is 14.1 Å². The van der Waals surface area contributed by atoms with Crippen LogP contribution < -0.4 is 0 Å². The Morgan fingerprint density at radius 1 is 1.14 bits per heavy atom. The molecule has 1 saturated carbocycles. The second-order valence-electron chi connectivity index (χ2n) is 12.9. The largest absolute Gasteiger partial charge is 0.388 e. The van der Waals surface area contributed by atoms with Gasteiger partial charge in [0.05, 0.1) is 17.3 Å². The number of ether oxygens (including phenoxy) is 1. The van der Waals surface area contributed by atoms with Gasteiger partial charge in [-0.2, -0.15) is 0 Å². The number of allylic oxidation sites excluding steroid dienone is 3. The third kappa shape index (κ3) is 3.03. The Morgan fingerprint density at radius 3 is 2.57 bits per heavy atom. The molecule has 2 fully saturated rings. The lowest BCUT2D eigenvalue weighted by molar-refractivity contribution is -0.170. The third-order valence-electron chi connectivity index (χ3n) is 10.8. The molecule has 2 heterocycles. The van der Waals surface area contributed by atoms with Crippen molar-refractivity contribution in [3.05, 3.63) is 70.8 Å². The minimum Gasteiger partial charge on any atom is -0.388 e. The molecule has 1 unspecified atom stereocenters. The predicted molar refractivity (Wildman–Crippen MR) is 148 cm³/mol. The normalized spacial score (nSPS) is 41.2. The molecule has 6 rings (SSSR count). The molecule has 1 aromatic carbocycles. The van der Waals surface area contributed by atoms with Gasteiger partial charge >= 0.3 is 0 Å². The topological polar surface area (TPSA) is 76.8 Å². The number of rotatable bonds is 4. The number of nitrogens with zero attached hydrogens (tertiary/aromatic N) is 1. The Morgan fingerprint density at radius 2 is 1.89 bits per heavy atom. The van der Waals surface area contributed by atoms with Crippen molar-refractivity contribution in [2.45, 2.75) is 75.9 Å². The Hall–Kier alpha value is -2.31. The van der Waals surface area contributed by atoms with Crippen LogP contribution >= 0.6 is 0 Å². The van der Waals surface area contributed by atoms with Crippen LogP contribution in [0.5, 0.6) is 0 Å². The summed E-state index contributed by atoms with van der Waals surface area (Å²) in [7, 11) is 3.94. The Balaban J connectivity index is 1.48. The summed E-state index contributed by atoms with van der Waals surface area (Å²) in [5, 5.41) is 30.0. The molecular weight excluding hydrogens is 460 g/mol. The van der Waals surface area contributed by atoms with Crippen molar-refractivity contribution < 1.29 is 14.9 Å². The zero-order valence-electron chi connectivity index (χ0n) is 22.7. The molecule has 37 heavy (non-hydrogen) atoms. The molecular formula is C32H40N2O3. The van der Waals surface area contributed by atoms with Gasteiger partial charge in [-0.3, -0.25) is 0 Å². The van der Waals surface area contributed by atoms with Crippen LogP contribution in [0.4, 0.5) is 0 Å². The molecule has 196 valence electrons. The summed E-state index contributed by atoms with van der Waals surface area (Å²) in [6.45, 7) is 11.0. The highest BCUT2D eigenvalue weighted by molar-refractivity contribution is 5.86. The first kappa shape index (κ1) is 25.0. The van der Waals surface area contributed by atoms with Crippen LogP contribution in [0.1, 0.15) is 63.1 Å². The molecule has 2 aliphatic heterocycles. The van der Waals surface area contributed by atoms with Gasteiger partial charge in [-0.25, -0.2) is 0 Å². The lowest BCUT2D eigenvalue weighted by Crippen LogP contribution is -2.63. The fourth-order valence-electron chi connectivity index (χ4n) is 8.56. The lowest BCUT2D eigenvalue weighted by Gasteiger charge is -2.60. The van der Waals surface area contributed by atoms with E-state index in [-0.39, 0.29) is 22.8 Å². The summed E-state index contributed by atoms with van der Waals surface area (Å²) in [5.74, 6) is 0.263. The molecule has 2 spiro atoms. The summed E-state index contributed by atoms with van der Waals surface area (Å²) >= 11 is 0. The monoisotopic (exact) mass is 500 g/mol. The van der Waals surface area contributed by atoms with Crippen LogP contribution in [0.2, 0.25) is 0 Å². The SMILES string of the molecule is C=Cc1cc(C2=CCC3[C@@]45CC[C@]6(C[C@H](N(C)C)[C@@H](O)[C@H](O)C6=CC4=CC(C)(C)[C@]23C)O5)ccc1C=N. The van der Waals surface area contributed by atoms with Gasteiger partial charge in [0.15, 0.2) is 0 Å².